The van der Waals surface area contributed by atoms with Gasteiger partial charge in [-0.25, -0.2) is 4.39 Å². The van der Waals surface area contributed by atoms with Crippen LogP contribution in [0.4, 0.5) is 4.39 Å². The molecule has 1 amide bonds. The van der Waals surface area contributed by atoms with Crippen molar-refractivity contribution in [3.8, 4) is 0 Å². The van der Waals surface area contributed by atoms with E-state index in [9.17, 15) is 9.18 Å². The minimum absolute atomic E-state index is 0.0328. The molecule has 1 aliphatic carbocycles. The smallest absolute Gasteiger partial charge is 0.230 e. The van der Waals surface area contributed by atoms with E-state index >= 15 is 0 Å². The normalized spacial score (nSPS) is 15.8. The summed E-state index contributed by atoms with van der Waals surface area (Å²) >= 11 is 5.24. The van der Waals surface area contributed by atoms with Gasteiger partial charge in [-0.15, -0.1) is 0 Å². The third-order valence-corrected chi connectivity index (χ3v) is 5.23. The molecule has 2 N–H and O–H groups in total. The maximum absolute atomic E-state index is 13.6. The van der Waals surface area contributed by atoms with Crippen LogP contribution in [-0.4, -0.2) is 27.2 Å². The standard InChI is InChI=1S/C18H23FN4OS/c1-12(2)23-15(21-22-17(23)25)7-10-20-16(24)18(8-4-9-18)13-5-3-6-14(19)11-13/h3,5-6,11-12H,4,7-10H2,1-2H3,(H,20,24)(H,22,25). The predicted octanol–water partition coefficient (Wildman–Crippen LogP) is 3.44. The van der Waals surface area contributed by atoms with Gasteiger partial charge in [0, 0.05) is 19.0 Å². The van der Waals surface area contributed by atoms with Crippen LogP contribution in [-0.2, 0) is 16.6 Å². The van der Waals surface area contributed by atoms with E-state index in [2.05, 4.69) is 15.5 Å². The molecule has 3 rings (SSSR count). The number of carbonyl (C=O) groups is 1. The first kappa shape index (κ1) is 17.8. The van der Waals surface area contributed by atoms with E-state index in [0.717, 1.165) is 30.7 Å². The number of amides is 1. The molecule has 1 saturated carbocycles. The number of hydrogen-bond acceptors (Lipinski definition) is 3. The molecule has 0 atom stereocenters. The Hall–Kier alpha value is -2.02. The van der Waals surface area contributed by atoms with E-state index in [1.54, 1.807) is 6.07 Å². The number of H-pyrrole nitrogens is 1. The number of benzene rings is 1. The van der Waals surface area contributed by atoms with E-state index < -0.39 is 5.41 Å². The Bertz CT molecular complexity index is 822. The zero-order valence-electron chi connectivity index (χ0n) is 14.5. The fourth-order valence-electron chi connectivity index (χ4n) is 3.47. The second kappa shape index (κ2) is 7.07. The van der Waals surface area contributed by atoms with Crippen LogP contribution >= 0.6 is 12.2 Å². The Morgan fingerprint density at radius 1 is 1.48 bits per heavy atom. The van der Waals surface area contributed by atoms with Crippen molar-refractivity contribution in [2.45, 2.75) is 51.0 Å². The average Bonchev–Trinajstić information content (AvgIpc) is 2.87. The Kier molecular flexibility index (Phi) is 5.03. The largest absolute Gasteiger partial charge is 0.355 e. The van der Waals surface area contributed by atoms with Crippen molar-refractivity contribution in [1.29, 1.82) is 0 Å². The van der Waals surface area contributed by atoms with Gasteiger partial charge in [-0.2, -0.15) is 5.10 Å². The zero-order chi connectivity index (χ0) is 18.0. The lowest BCUT2D eigenvalue weighted by Gasteiger charge is -2.40. The molecule has 0 unspecified atom stereocenters. The molecule has 1 aromatic carbocycles. The van der Waals surface area contributed by atoms with Gasteiger partial charge in [-0.1, -0.05) is 18.6 Å². The van der Waals surface area contributed by atoms with Crippen LogP contribution < -0.4 is 5.32 Å². The number of nitrogens with one attached hydrogen (secondary N) is 2. The maximum atomic E-state index is 13.6. The van der Waals surface area contributed by atoms with Gasteiger partial charge >= 0.3 is 0 Å². The van der Waals surface area contributed by atoms with Gasteiger partial charge in [0.25, 0.3) is 0 Å². The summed E-state index contributed by atoms with van der Waals surface area (Å²) in [7, 11) is 0. The number of aromatic amines is 1. The van der Waals surface area contributed by atoms with Crippen molar-refractivity contribution in [3.05, 3.63) is 46.2 Å². The molecule has 134 valence electrons. The second-order valence-corrected chi connectivity index (χ2v) is 7.25. The van der Waals surface area contributed by atoms with E-state index in [0.29, 0.717) is 17.7 Å². The number of aromatic nitrogens is 3. The Morgan fingerprint density at radius 3 is 2.84 bits per heavy atom. The highest BCUT2D eigenvalue weighted by Crippen LogP contribution is 2.44. The number of carbonyl (C=O) groups excluding carboxylic acids is 1. The lowest BCUT2D eigenvalue weighted by Crippen LogP contribution is -2.49. The van der Waals surface area contributed by atoms with Crippen LogP contribution in [0.25, 0.3) is 0 Å². The summed E-state index contributed by atoms with van der Waals surface area (Å²) < 4.78 is 16.1. The van der Waals surface area contributed by atoms with Crippen molar-refractivity contribution >= 4 is 18.1 Å². The Balaban J connectivity index is 1.67. The molecule has 0 bridgehead atoms. The van der Waals surface area contributed by atoms with Gasteiger partial charge in [0.1, 0.15) is 11.6 Å². The first-order chi connectivity index (χ1) is 11.9. The molecule has 0 aliphatic heterocycles. The van der Waals surface area contributed by atoms with E-state index in [4.69, 9.17) is 12.2 Å². The lowest BCUT2D eigenvalue weighted by molar-refractivity contribution is -0.129. The summed E-state index contributed by atoms with van der Waals surface area (Å²) in [4.78, 5) is 12.8. The van der Waals surface area contributed by atoms with Crippen LogP contribution in [0, 0.1) is 10.6 Å². The third kappa shape index (κ3) is 3.38. The van der Waals surface area contributed by atoms with Crippen LogP contribution in [0.2, 0.25) is 0 Å². The molecule has 1 heterocycles. The Labute approximate surface area is 151 Å². The fraction of sp³-hybridized carbons (Fsp3) is 0.500. The zero-order valence-corrected chi connectivity index (χ0v) is 15.3. The van der Waals surface area contributed by atoms with Gasteiger partial charge in [0.05, 0.1) is 5.41 Å². The molecule has 2 aromatic rings. The molecule has 1 aliphatic rings. The van der Waals surface area contributed by atoms with Crippen LogP contribution in [0.1, 0.15) is 50.5 Å². The monoisotopic (exact) mass is 362 g/mol. The van der Waals surface area contributed by atoms with E-state index in [1.165, 1.54) is 12.1 Å². The topological polar surface area (TPSA) is 62.7 Å². The van der Waals surface area contributed by atoms with Gasteiger partial charge in [-0.3, -0.25) is 9.89 Å². The van der Waals surface area contributed by atoms with Crippen molar-refractivity contribution in [2.75, 3.05) is 6.54 Å². The lowest BCUT2D eigenvalue weighted by atomic mass is 9.64. The highest BCUT2D eigenvalue weighted by atomic mass is 32.1. The SMILES string of the molecule is CC(C)n1c(CCNC(=O)C2(c3cccc(F)c3)CCC2)n[nH]c1=S. The molecule has 0 radical (unpaired) electrons. The molecule has 7 heteroatoms. The molecule has 1 aromatic heterocycles. The molecule has 1 fully saturated rings. The van der Waals surface area contributed by atoms with Gasteiger partial charge in [0.2, 0.25) is 5.91 Å². The third-order valence-electron chi connectivity index (χ3n) is 4.95. The highest BCUT2D eigenvalue weighted by Gasteiger charge is 2.45. The average molecular weight is 362 g/mol. The first-order valence-electron chi connectivity index (χ1n) is 8.64. The first-order valence-corrected chi connectivity index (χ1v) is 9.05. The van der Waals surface area contributed by atoms with Crippen molar-refractivity contribution in [2.24, 2.45) is 0 Å². The van der Waals surface area contributed by atoms with Crippen LogP contribution in [0.5, 0.6) is 0 Å². The fourth-order valence-corrected chi connectivity index (χ4v) is 3.83. The number of hydrogen-bond donors (Lipinski definition) is 2. The summed E-state index contributed by atoms with van der Waals surface area (Å²) in [6.07, 6.45) is 3.09. The molecule has 25 heavy (non-hydrogen) atoms. The quantitative estimate of drug-likeness (QED) is 0.774. The predicted molar refractivity (Wildman–Crippen MR) is 96.4 cm³/mol. The van der Waals surface area contributed by atoms with E-state index in [-0.39, 0.29) is 17.8 Å². The molecular formula is C18H23FN4OS. The van der Waals surface area contributed by atoms with Crippen molar-refractivity contribution in [3.63, 3.8) is 0 Å². The summed E-state index contributed by atoms with van der Waals surface area (Å²) in [5, 5.41) is 10.1. The van der Waals surface area contributed by atoms with Gasteiger partial charge < -0.3 is 9.88 Å². The summed E-state index contributed by atoms with van der Waals surface area (Å²) in [5.74, 6) is 0.493. The summed E-state index contributed by atoms with van der Waals surface area (Å²) in [6.45, 7) is 4.56. The minimum Gasteiger partial charge on any atom is -0.355 e. The second-order valence-electron chi connectivity index (χ2n) is 6.86. The molecule has 5 nitrogen and oxygen atoms in total. The number of nitrogens with zero attached hydrogens (tertiary/aromatic N) is 2. The number of halogens is 1. The van der Waals surface area contributed by atoms with Crippen LogP contribution in [0.3, 0.4) is 0 Å². The number of rotatable bonds is 6. The van der Waals surface area contributed by atoms with Gasteiger partial charge in [0.15, 0.2) is 4.77 Å². The highest BCUT2D eigenvalue weighted by molar-refractivity contribution is 7.71. The summed E-state index contributed by atoms with van der Waals surface area (Å²) in [5.41, 5.74) is 0.173. The van der Waals surface area contributed by atoms with E-state index in [1.807, 2.05) is 24.5 Å². The molecular weight excluding hydrogens is 339 g/mol. The minimum atomic E-state index is -0.592. The summed E-state index contributed by atoms with van der Waals surface area (Å²) in [6, 6.07) is 6.59. The molecule has 0 spiro atoms. The Morgan fingerprint density at radius 2 is 2.24 bits per heavy atom. The van der Waals surface area contributed by atoms with Crippen LogP contribution in [0.15, 0.2) is 24.3 Å². The molecule has 0 saturated heterocycles. The van der Waals surface area contributed by atoms with Crippen molar-refractivity contribution in [1.82, 2.24) is 20.1 Å². The maximum Gasteiger partial charge on any atom is 0.230 e. The van der Waals surface area contributed by atoms with Crippen molar-refractivity contribution < 1.29 is 9.18 Å². The van der Waals surface area contributed by atoms with Gasteiger partial charge in [-0.05, 0) is 56.6 Å².